The van der Waals surface area contributed by atoms with Gasteiger partial charge in [0.25, 0.3) is 0 Å². The van der Waals surface area contributed by atoms with Gasteiger partial charge in [0.15, 0.2) is 0 Å². The van der Waals surface area contributed by atoms with Crippen molar-refractivity contribution in [3.05, 3.63) is 108 Å². The Labute approximate surface area is 696 Å². The minimum Gasteiger partial charge on any atom is -0.744 e. The molecule has 17 heteroatoms. The first-order valence-corrected chi connectivity index (χ1v) is 47.1. The van der Waals surface area contributed by atoms with Gasteiger partial charge in [-0.1, -0.05) is 387 Å². The SMILES string of the molecule is CCCCCCCCCCCCCCCCC/C=C/OC(=O)c1ccc(S(=O)(=O)[O-])cc1C(=O)O/C=C/CCCCCCCCCCCCCCCCC.CCCCCCCCCCCCCCCCC/C=C/OC(=O)c1ccc(S(=O)(=O)[O-])cc1C(=O)O/C=C/CCCCCCCCCCCCCCCCC.[Ca+2]. The number of unbranched alkanes of at least 4 members (excludes halogenated alkanes) is 60. The summed E-state index contributed by atoms with van der Waals surface area (Å²) in [5, 5.41) is 0. The quantitative estimate of drug-likeness (QED) is 0.0150. The molecule has 0 spiro atoms. The molecule has 0 saturated carbocycles. The maximum atomic E-state index is 12.9. The van der Waals surface area contributed by atoms with Crippen molar-refractivity contribution in [2.45, 2.75) is 448 Å². The molecule has 0 heterocycles. The van der Waals surface area contributed by atoms with E-state index >= 15 is 0 Å². The zero-order chi connectivity index (χ0) is 78.8. The molecule has 0 amide bonds. The van der Waals surface area contributed by atoms with Crippen molar-refractivity contribution < 1.29 is 64.1 Å². The van der Waals surface area contributed by atoms with Crippen LogP contribution in [0.15, 0.2) is 95.5 Å². The number of ether oxygens (including phenoxy) is 4. The fourth-order valence-corrected chi connectivity index (χ4v) is 14.5. The van der Waals surface area contributed by atoms with Gasteiger partial charge < -0.3 is 28.1 Å². The van der Waals surface area contributed by atoms with E-state index < -0.39 is 53.9 Å². The summed E-state index contributed by atoms with van der Waals surface area (Å²) in [6, 6.07) is 5.99. The molecule has 0 aliphatic rings. The van der Waals surface area contributed by atoms with E-state index in [-0.39, 0.29) is 60.0 Å². The van der Waals surface area contributed by atoms with Crippen molar-refractivity contribution in [3.8, 4) is 0 Å². The summed E-state index contributed by atoms with van der Waals surface area (Å²) in [5.41, 5.74) is -0.992. The van der Waals surface area contributed by atoms with Crippen LogP contribution in [0.5, 0.6) is 0 Å². The molecule has 2 aromatic carbocycles. The molecule has 0 N–H and O–H groups in total. The summed E-state index contributed by atoms with van der Waals surface area (Å²) in [4.78, 5) is 50.1. The predicted molar refractivity (Wildman–Crippen MR) is 451 cm³/mol. The molecule has 2 aromatic rings. The first-order valence-electron chi connectivity index (χ1n) is 44.3. The number of esters is 4. The molecule has 2 rings (SSSR count). The normalized spacial score (nSPS) is 11.8. The third-order valence-electron chi connectivity index (χ3n) is 20.4. The number of hydrogen-bond acceptors (Lipinski definition) is 14. The smallest absolute Gasteiger partial charge is 0.744 e. The van der Waals surface area contributed by atoms with Crippen LogP contribution in [0.4, 0.5) is 0 Å². The molecule has 0 radical (unpaired) electrons. The Morgan fingerprint density at radius 3 is 0.550 bits per heavy atom. The molecule has 14 nitrogen and oxygen atoms in total. The first-order chi connectivity index (χ1) is 52.6. The summed E-state index contributed by atoms with van der Waals surface area (Å²) >= 11 is 0. The van der Waals surface area contributed by atoms with Crippen molar-refractivity contribution >= 4 is 81.9 Å². The van der Waals surface area contributed by atoms with E-state index in [0.717, 1.165) is 113 Å². The van der Waals surface area contributed by atoms with Crippen LogP contribution in [0.25, 0.3) is 0 Å². The van der Waals surface area contributed by atoms with Crippen molar-refractivity contribution in [1.82, 2.24) is 0 Å². The van der Waals surface area contributed by atoms with Crippen LogP contribution in [-0.2, 0) is 39.2 Å². The standard InChI is InChI=1S/2C46H78O7S.Ca/c2*1-3-5-7-9-11-13-15-17-19-21-23-25-27-29-31-33-35-39-52-45(47)43-38-37-42(54(49,50)51)41-44(43)46(48)53-40-36-34-32-30-28-26-24-22-20-18-16-14-12-10-8-6-4-2;/h2*35-41H,3-34H2,1-2H3,(H,49,50,51);/q;;+2/p-2/b2*39-35+,40-36+;. The second kappa shape index (κ2) is 77.0. The third-order valence-corrected chi connectivity index (χ3v) is 22.1. The number of carbonyl (C=O) groups is 4. The number of rotatable bonds is 74. The minimum absolute atomic E-state index is 0. The van der Waals surface area contributed by atoms with Gasteiger partial charge in [-0.15, -0.1) is 0 Å². The Kier molecular flexibility index (Phi) is 74.4. The fraction of sp³-hybridized carbons (Fsp3) is 0.739. The van der Waals surface area contributed by atoms with Gasteiger partial charge in [-0.3, -0.25) is 0 Å². The van der Waals surface area contributed by atoms with Crippen LogP contribution in [0, 0.1) is 0 Å². The van der Waals surface area contributed by atoms with Crippen LogP contribution in [-0.4, -0.2) is 87.6 Å². The van der Waals surface area contributed by atoms with Crippen molar-refractivity contribution in [3.63, 3.8) is 0 Å². The van der Waals surface area contributed by atoms with E-state index in [4.69, 9.17) is 18.9 Å². The molecule has 0 fully saturated rings. The average molecular weight is 1590 g/mol. The zero-order valence-electron chi connectivity index (χ0n) is 69.6. The Morgan fingerprint density at radius 1 is 0.248 bits per heavy atom. The largest absolute Gasteiger partial charge is 2.00 e. The second-order valence-electron chi connectivity index (χ2n) is 30.4. The molecule has 620 valence electrons. The van der Waals surface area contributed by atoms with E-state index in [2.05, 4.69) is 27.7 Å². The summed E-state index contributed by atoms with van der Waals surface area (Å²) in [6.07, 6.45) is 92.9. The topological polar surface area (TPSA) is 220 Å². The molecule has 0 unspecified atom stereocenters. The maximum Gasteiger partial charge on any atom is 2.00 e. The van der Waals surface area contributed by atoms with E-state index in [9.17, 15) is 45.1 Å². The Bertz CT molecular complexity index is 2670. The van der Waals surface area contributed by atoms with Crippen LogP contribution in [0.3, 0.4) is 0 Å². The van der Waals surface area contributed by atoms with E-state index in [0.29, 0.717) is 0 Å². The molecule has 0 bridgehead atoms. The molecule has 0 saturated heterocycles. The second-order valence-corrected chi connectivity index (χ2v) is 33.1. The Hall–Kier alpha value is -3.64. The number of benzene rings is 2. The van der Waals surface area contributed by atoms with Crippen LogP contribution >= 0.6 is 0 Å². The Balaban J connectivity index is 0.00000212. The van der Waals surface area contributed by atoms with Gasteiger partial charge in [0.1, 0.15) is 20.2 Å². The van der Waals surface area contributed by atoms with E-state index in [1.54, 1.807) is 24.3 Å². The van der Waals surface area contributed by atoms with E-state index in [1.165, 1.54) is 359 Å². The van der Waals surface area contributed by atoms with Gasteiger partial charge in [0.05, 0.1) is 57.1 Å². The average Bonchev–Trinajstić information content (AvgIpc) is 0.815. The molecule has 0 aliphatic heterocycles. The summed E-state index contributed by atoms with van der Waals surface area (Å²) in [5.74, 6) is -3.51. The minimum atomic E-state index is -4.84. The van der Waals surface area contributed by atoms with Gasteiger partial charge in [-0.05, 0) is 112 Å². The summed E-state index contributed by atoms with van der Waals surface area (Å²) in [6.45, 7) is 9.04. The van der Waals surface area contributed by atoms with E-state index in [1.807, 2.05) is 0 Å². The molecular weight excluding hydrogens is 1430 g/mol. The zero-order valence-corrected chi connectivity index (χ0v) is 73.4. The van der Waals surface area contributed by atoms with Crippen LogP contribution < -0.4 is 0 Å². The van der Waals surface area contributed by atoms with Crippen LogP contribution in [0.1, 0.15) is 480 Å². The maximum absolute atomic E-state index is 12.9. The summed E-state index contributed by atoms with van der Waals surface area (Å²) in [7, 11) is -9.69. The predicted octanol–water partition coefficient (Wildman–Crippen LogP) is 28.5. The van der Waals surface area contributed by atoms with Crippen LogP contribution in [0.2, 0.25) is 0 Å². The first kappa shape index (κ1) is 105. The van der Waals surface area contributed by atoms with Gasteiger partial charge >= 0.3 is 61.6 Å². The summed E-state index contributed by atoms with van der Waals surface area (Å²) < 4.78 is 90.7. The molecule has 109 heavy (non-hydrogen) atoms. The monoisotopic (exact) mass is 1590 g/mol. The number of hydrogen-bond donors (Lipinski definition) is 0. The van der Waals surface area contributed by atoms with Crippen molar-refractivity contribution in [1.29, 1.82) is 0 Å². The van der Waals surface area contributed by atoms with Gasteiger partial charge in [-0.2, -0.15) is 0 Å². The van der Waals surface area contributed by atoms with Gasteiger partial charge in [-0.25, -0.2) is 36.0 Å². The van der Waals surface area contributed by atoms with Crippen molar-refractivity contribution in [2.75, 3.05) is 0 Å². The molecule has 0 atom stereocenters. The fourth-order valence-electron chi connectivity index (χ4n) is 13.6. The molecule has 0 aromatic heterocycles. The Morgan fingerprint density at radius 2 is 0.394 bits per heavy atom. The van der Waals surface area contributed by atoms with Gasteiger partial charge in [0.2, 0.25) is 0 Å². The van der Waals surface area contributed by atoms with Gasteiger partial charge in [0, 0.05) is 0 Å². The third kappa shape index (κ3) is 64.3. The number of carbonyl (C=O) groups excluding carboxylic acids is 4. The molecular formula is C92H154CaO14S2. The van der Waals surface area contributed by atoms with Crippen molar-refractivity contribution in [2.24, 2.45) is 0 Å². The number of allylic oxidation sites excluding steroid dienone is 4. The molecule has 0 aliphatic carbocycles.